The molecule has 4 nitrogen and oxygen atoms in total. The summed E-state index contributed by atoms with van der Waals surface area (Å²) in [5, 5.41) is 0. The topological polar surface area (TPSA) is 36.3 Å². The van der Waals surface area contributed by atoms with E-state index in [1.807, 2.05) is 54.6 Å². The number of hydrogen-bond acceptors (Lipinski definition) is 3. The van der Waals surface area contributed by atoms with E-state index in [9.17, 15) is 0 Å². The quantitative estimate of drug-likeness (QED) is 0.408. The van der Waals surface area contributed by atoms with Crippen LogP contribution in [-0.2, 0) is 6.54 Å². The molecule has 0 fully saturated rings. The lowest BCUT2D eigenvalue weighted by molar-refractivity contribution is 0.300. The molecule has 5 heteroatoms. The monoisotopic (exact) mass is 422 g/mol. The lowest BCUT2D eigenvalue weighted by Crippen LogP contribution is -2.09. The van der Waals surface area contributed by atoms with Crippen LogP contribution in [0.15, 0.2) is 77.3 Å². The van der Waals surface area contributed by atoms with E-state index in [-0.39, 0.29) is 0 Å². The molecular weight excluding hydrogens is 404 g/mol. The van der Waals surface area contributed by atoms with Gasteiger partial charge in [0.2, 0.25) is 0 Å². The number of fused-ring (bicyclic) bond motifs is 1. The molecule has 4 aromatic rings. The predicted octanol–water partition coefficient (Wildman–Crippen LogP) is 5.55. The molecule has 0 saturated heterocycles. The van der Waals surface area contributed by atoms with Crippen LogP contribution < -0.4 is 9.47 Å². The van der Waals surface area contributed by atoms with Gasteiger partial charge in [-0.1, -0.05) is 40.2 Å². The van der Waals surface area contributed by atoms with E-state index in [4.69, 9.17) is 14.5 Å². The molecule has 0 atom stereocenters. The van der Waals surface area contributed by atoms with Gasteiger partial charge in [-0.15, -0.1) is 0 Å². The van der Waals surface area contributed by atoms with Crippen molar-refractivity contribution in [3.8, 4) is 22.9 Å². The Kier molecular flexibility index (Phi) is 5.12. The van der Waals surface area contributed by atoms with Crippen molar-refractivity contribution in [2.24, 2.45) is 0 Å². The fourth-order valence-corrected chi connectivity index (χ4v) is 3.48. The van der Waals surface area contributed by atoms with Gasteiger partial charge in [-0.3, -0.25) is 0 Å². The molecule has 1 aromatic heterocycles. The Morgan fingerprint density at radius 1 is 0.926 bits per heavy atom. The van der Waals surface area contributed by atoms with Crippen molar-refractivity contribution in [1.82, 2.24) is 9.55 Å². The molecule has 3 aromatic carbocycles. The molecule has 27 heavy (non-hydrogen) atoms. The predicted molar refractivity (Wildman–Crippen MR) is 111 cm³/mol. The molecule has 0 N–H and O–H groups in total. The van der Waals surface area contributed by atoms with Gasteiger partial charge >= 0.3 is 0 Å². The zero-order valence-electron chi connectivity index (χ0n) is 14.9. The minimum Gasteiger partial charge on any atom is -0.497 e. The van der Waals surface area contributed by atoms with Crippen LogP contribution in [0, 0.1) is 0 Å². The third-order valence-electron chi connectivity index (χ3n) is 4.38. The number of para-hydroxylation sites is 2. The Balaban J connectivity index is 1.60. The number of nitrogens with zero attached hydrogens (tertiary/aromatic N) is 2. The zero-order chi connectivity index (χ0) is 18.6. The summed E-state index contributed by atoms with van der Waals surface area (Å²) in [5.41, 5.74) is 3.16. The maximum atomic E-state index is 5.93. The summed E-state index contributed by atoms with van der Waals surface area (Å²) in [6.07, 6.45) is 0. The summed E-state index contributed by atoms with van der Waals surface area (Å²) >= 11 is 3.55. The third-order valence-corrected chi connectivity index (χ3v) is 4.87. The maximum absolute atomic E-state index is 5.93. The number of halogens is 1. The van der Waals surface area contributed by atoms with Crippen LogP contribution >= 0.6 is 15.9 Å². The molecule has 0 aliphatic heterocycles. The molecule has 0 unspecified atom stereocenters. The van der Waals surface area contributed by atoms with Gasteiger partial charge in [0, 0.05) is 10.0 Å². The molecule has 0 aliphatic carbocycles. The van der Waals surface area contributed by atoms with E-state index >= 15 is 0 Å². The van der Waals surface area contributed by atoms with Crippen LogP contribution in [0.5, 0.6) is 11.5 Å². The first-order valence-electron chi connectivity index (χ1n) is 8.72. The van der Waals surface area contributed by atoms with Gasteiger partial charge in [0.25, 0.3) is 0 Å². The zero-order valence-corrected chi connectivity index (χ0v) is 16.5. The second-order valence-electron chi connectivity index (χ2n) is 6.11. The van der Waals surface area contributed by atoms with Crippen molar-refractivity contribution >= 4 is 27.0 Å². The summed E-state index contributed by atoms with van der Waals surface area (Å²) in [6.45, 7) is 1.25. The van der Waals surface area contributed by atoms with Gasteiger partial charge in [-0.25, -0.2) is 4.98 Å². The first kappa shape index (κ1) is 17.6. The number of hydrogen-bond donors (Lipinski definition) is 0. The molecule has 0 bridgehead atoms. The number of aromatic nitrogens is 2. The van der Waals surface area contributed by atoms with Gasteiger partial charge in [-0.05, 0) is 48.5 Å². The van der Waals surface area contributed by atoms with Crippen LogP contribution in [0.25, 0.3) is 22.4 Å². The Morgan fingerprint density at radius 2 is 1.70 bits per heavy atom. The molecule has 0 amide bonds. The molecule has 0 aliphatic rings. The average Bonchev–Trinajstić information content (AvgIpc) is 3.07. The van der Waals surface area contributed by atoms with Crippen LogP contribution in [0.3, 0.4) is 0 Å². The highest BCUT2D eigenvalue weighted by molar-refractivity contribution is 9.10. The van der Waals surface area contributed by atoms with E-state index < -0.39 is 0 Å². The summed E-state index contributed by atoms with van der Waals surface area (Å²) in [6, 6.07) is 24.0. The lowest BCUT2D eigenvalue weighted by atomic mass is 10.2. The van der Waals surface area contributed by atoms with E-state index in [2.05, 4.69) is 38.7 Å². The summed E-state index contributed by atoms with van der Waals surface area (Å²) < 4.78 is 14.4. The van der Waals surface area contributed by atoms with Crippen LogP contribution in [0.2, 0.25) is 0 Å². The van der Waals surface area contributed by atoms with Crippen LogP contribution in [0.4, 0.5) is 0 Å². The Bertz CT molecular complexity index is 1060. The van der Waals surface area contributed by atoms with Gasteiger partial charge < -0.3 is 14.0 Å². The third kappa shape index (κ3) is 3.83. The number of rotatable bonds is 6. The lowest BCUT2D eigenvalue weighted by Gasteiger charge is -2.11. The highest BCUT2D eigenvalue weighted by Crippen LogP contribution is 2.27. The first-order valence-corrected chi connectivity index (χ1v) is 9.52. The Labute approximate surface area is 166 Å². The van der Waals surface area contributed by atoms with Gasteiger partial charge in [0.15, 0.2) is 0 Å². The smallest absolute Gasteiger partial charge is 0.141 e. The SMILES string of the molecule is COc1ccc(OCCn2c(-c3cccc(Br)c3)nc3ccccc32)cc1. The van der Waals surface area contributed by atoms with Crippen molar-refractivity contribution in [2.45, 2.75) is 6.54 Å². The maximum Gasteiger partial charge on any atom is 0.141 e. The van der Waals surface area contributed by atoms with E-state index in [0.717, 1.165) is 38.4 Å². The number of ether oxygens (including phenoxy) is 2. The van der Waals surface area contributed by atoms with Gasteiger partial charge in [-0.2, -0.15) is 0 Å². The molecule has 1 heterocycles. The average molecular weight is 423 g/mol. The molecular formula is C22H19BrN2O2. The summed E-state index contributed by atoms with van der Waals surface area (Å²) in [7, 11) is 1.66. The van der Waals surface area contributed by atoms with Crippen molar-refractivity contribution in [2.75, 3.05) is 13.7 Å². The van der Waals surface area contributed by atoms with Gasteiger partial charge in [0.1, 0.15) is 23.9 Å². The van der Waals surface area contributed by atoms with E-state index in [1.54, 1.807) is 7.11 Å². The van der Waals surface area contributed by atoms with E-state index in [1.165, 1.54) is 0 Å². The van der Waals surface area contributed by atoms with Crippen molar-refractivity contribution in [3.63, 3.8) is 0 Å². The Morgan fingerprint density at radius 3 is 2.48 bits per heavy atom. The standard InChI is InChI=1S/C22H19BrN2O2/c1-26-18-9-11-19(12-10-18)27-14-13-25-21-8-3-2-7-20(21)24-22(25)16-5-4-6-17(23)15-16/h2-12,15H,13-14H2,1H3. The van der Waals surface area contributed by atoms with Gasteiger partial charge in [0.05, 0.1) is 24.7 Å². The number of benzene rings is 3. The highest BCUT2D eigenvalue weighted by Gasteiger charge is 2.12. The number of imidazole rings is 1. The molecule has 0 spiro atoms. The fourth-order valence-electron chi connectivity index (χ4n) is 3.08. The molecule has 0 saturated carbocycles. The first-order chi connectivity index (χ1) is 13.2. The molecule has 0 radical (unpaired) electrons. The van der Waals surface area contributed by atoms with Crippen LogP contribution in [0.1, 0.15) is 0 Å². The Hall–Kier alpha value is -2.79. The number of methoxy groups -OCH3 is 1. The largest absolute Gasteiger partial charge is 0.497 e. The second-order valence-corrected chi connectivity index (χ2v) is 7.03. The van der Waals surface area contributed by atoms with Crippen molar-refractivity contribution < 1.29 is 9.47 Å². The van der Waals surface area contributed by atoms with Crippen LogP contribution in [-0.4, -0.2) is 23.3 Å². The molecule has 4 rings (SSSR count). The van der Waals surface area contributed by atoms with Crippen molar-refractivity contribution in [1.29, 1.82) is 0 Å². The second kappa shape index (κ2) is 7.84. The normalized spacial score (nSPS) is 10.9. The van der Waals surface area contributed by atoms with Crippen molar-refractivity contribution in [3.05, 3.63) is 77.3 Å². The summed E-state index contributed by atoms with van der Waals surface area (Å²) in [4.78, 5) is 4.84. The fraction of sp³-hybridized carbons (Fsp3) is 0.136. The summed E-state index contributed by atoms with van der Waals surface area (Å²) in [5.74, 6) is 2.58. The minimum atomic E-state index is 0.549. The highest BCUT2D eigenvalue weighted by atomic mass is 79.9. The molecule has 136 valence electrons. The minimum absolute atomic E-state index is 0.549. The van der Waals surface area contributed by atoms with E-state index in [0.29, 0.717) is 13.2 Å².